The van der Waals surface area contributed by atoms with Gasteiger partial charge in [-0.15, -0.1) is 0 Å². The minimum atomic E-state index is -3.42. The van der Waals surface area contributed by atoms with Gasteiger partial charge in [-0.05, 0) is 43.9 Å². The predicted octanol–water partition coefficient (Wildman–Crippen LogP) is 3.41. The number of pyridine rings is 1. The number of benzene rings is 1. The number of hydrogen-bond acceptors (Lipinski definition) is 5. The van der Waals surface area contributed by atoms with Crippen molar-refractivity contribution < 1.29 is 13.2 Å². The van der Waals surface area contributed by atoms with Crippen LogP contribution in [0, 0.1) is 0 Å². The third-order valence-corrected chi connectivity index (χ3v) is 7.92. The van der Waals surface area contributed by atoms with Crippen LogP contribution in [-0.4, -0.2) is 44.5 Å². The van der Waals surface area contributed by atoms with Crippen LogP contribution in [-0.2, 0) is 15.4 Å². The molecule has 0 amide bonds. The Kier molecular flexibility index (Phi) is 5.29. The van der Waals surface area contributed by atoms with E-state index in [1.807, 2.05) is 18.2 Å². The molecule has 2 fully saturated rings. The molecule has 1 aliphatic heterocycles. The Morgan fingerprint density at radius 3 is 2.46 bits per heavy atom. The molecule has 1 aromatic carbocycles. The van der Waals surface area contributed by atoms with Gasteiger partial charge in [0.25, 0.3) is 0 Å². The van der Waals surface area contributed by atoms with E-state index in [1.165, 1.54) is 18.2 Å². The molecule has 0 atom stereocenters. The molecule has 2 aliphatic rings. The molecule has 150 valence electrons. The number of hydrogen-bond donors (Lipinski definition) is 1. The summed E-state index contributed by atoms with van der Waals surface area (Å²) in [5, 5.41) is 3.41. The summed E-state index contributed by atoms with van der Waals surface area (Å²) in [7, 11) is -1.71. The third kappa shape index (κ3) is 3.49. The van der Waals surface area contributed by atoms with Gasteiger partial charge in [0.15, 0.2) is 0 Å². The molecule has 0 radical (unpaired) electrons. The maximum absolute atomic E-state index is 12.6. The fourth-order valence-corrected chi connectivity index (χ4v) is 5.67. The first-order valence-electron chi connectivity index (χ1n) is 9.89. The van der Waals surface area contributed by atoms with Crippen molar-refractivity contribution in [2.45, 2.75) is 42.4 Å². The number of rotatable bonds is 7. The Hall–Kier alpha value is -2.12. The zero-order valence-corrected chi connectivity index (χ0v) is 17.0. The van der Waals surface area contributed by atoms with E-state index in [-0.39, 0.29) is 10.3 Å². The van der Waals surface area contributed by atoms with Crippen molar-refractivity contribution in [3.8, 4) is 5.75 Å². The second-order valence-corrected chi connectivity index (χ2v) is 9.62. The zero-order chi connectivity index (χ0) is 19.6. The van der Waals surface area contributed by atoms with Crippen molar-refractivity contribution in [2.24, 2.45) is 0 Å². The van der Waals surface area contributed by atoms with E-state index in [4.69, 9.17) is 4.74 Å². The van der Waals surface area contributed by atoms with Crippen molar-refractivity contribution in [1.29, 1.82) is 0 Å². The minimum absolute atomic E-state index is 0.0363. The smallest absolute Gasteiger partial charge is 0.244 e. The van der Waals surface area contributed by atoms with Crippen LogP contribution < -0.4 is 10.1 Å². The fourth-order valence-electron chi connectivity index (χ4n) is 4.20. The molecule has 1 N–H and O–H groups in total. The molecule has 2 heterocycles. The van der Waals surface area contributed by atoms with Crippen molar-refractivity contribution >= 4 is 15.8 Å². The number of anilines is 1. The van der Waals surface area contributed by atoms with E-state index >= 15 is 0 Å². The lowest BCUT2D eigenvalue weighted by Gasteiger charge is -2.43. The Labute approximate surface area is 167 Å². The highest BCUT2D eigenvalue weighted by molar-refractivity contribution is 7.89. The standard InChI is InChI=1S/C21H27N3O3S/c1-27-19-8-3-2-7-18(19)21(11-6-12-21)16-23-20-10-9-17(15-22-20)28(25,26)24-13-4-5-14-24/h2-3,7-10,15H,4-6,11-14,16H2,1H3,(H,22,23). The molecule has 2 aromatic rings. The Morgan fingerprint density at radius 2 is 1.86 bits per heavy atom. The predicted molar refractivity (Wildman–Crippen MR) is 109 cm³/mol. The summed E-state index contributed by atoms with van der Waals surface area (Å²) >= 11 is 0. The number of nitrogens with one attached hydrogen (secondary N) is 1. The van der Waals surface area contributed by atoms with Crippen LogP contribution in [0.1, 0.15) is 37.7 Å². The number of nitrogens with zero attached hydrogens (tertiary/aromatic N) is 2. The average molecular weight is 402 g/mol. The molecule has 6 nitrogen and oxygen atoms in total. The van der Waals surface area contributed by atoms with Crippen molar-refractivity contribution in [3.05, 3.63) is 48.2 Å². The van der Waals surface area contributed by atoms with E-state index in [2.05, 4.69) is 16.4 Å². The van der Waals surface area contributed by atoms with Crippen LogP contribution in [0.25, 0.3) is 0 Å². The lowest BCUT2D eigenvalue weighted by atomic mass is 9.64. The van der Waals surface area contributed by atoms with Crippen LogP contribution >= 0.6 is 0 Å². The highest BCUT2D eigenvalue weighted by Gasteiger charge is 2.40. The molecule has 1 saturated carbocycles. The average Bonchev–Trinajstić information content (AvgIpc) is 3.24. The van der Waals surface area contributed by atoms with Crippen molar-refractivity contribution in [1.82, 2.24) is 9.29 Å². The van der Waals surface area contributed by atoms with Gasteiger partial charge in [-0.2, -0.15) is 4.31 Å². The van der Waals surface area contributed by atoms with E-state index in [1.54, 1.807) is 23.5 Å². The summed E-state index contributed by atoms with van der Waals surface area (Å²) in [5.41, 5.74) is 1.26. The summed E-state index contributed by atoms with van der Waals surface area (Å²) in [6, 6.07) is 11.6. The van der Waals surface area contributed by atoms with Gasteiger partial charge in [-0.3, -0.25) is 0 Å². The third-order valence-electron chi connectivity index (χ3n) is 6.04. The van der Waals surface area contributed by atoms with Gasteiger partial charge < -0.3 is 10.1 Å². The zero-order valence-electron chi connectivity index (χ0n) is 16.2. The molecule has 1 saturated heterocycles. The first-order chi connectivity index (χ1) is 13.5. The molecular weight excluding hydrogens is 374 g/mol. The van der Waals surface area contributed by atoms with E-state index in [0.29, 0.717) is 18.9 Å². The second kappa shape index (κ2) is 7.72. The highest BCUT2D eigenvalue weighted by atomic mass is 32.2. The van der Waals surface area contributed by atoms with Crippen LogP contribution in [0.15, 0.2) is 47.5 Å². The van der Waals surface area contributed by atoms with Gasteiger partial charge in [-0.25, -0.2) is 13.4 Å². The van der Waals surface area contributed by atoms with E-state index < -0.39 is 10.0 Å². The summed E-state index contributed by atoms with van der Waals surface area (Å²) in [5.74, 6) is 1.62. The number of sulfonamides is 1. The fraction of sp³-hybridized carbons (Fsp3) is 0.476. The Balaban J connectivity index is 1.47. The first kappa shape index (κ1) is 19.2. The number of ether oxygens (including phenoxy) is 1. The molecule has 0 unspecified atom stereocenters. The summed E-state index contributed by atoms with van der Waals surface area (Å²) in [6.45, 7) is 1.95. The van der Waals surface area contributed by atoms with Crippen LogP contribution in [0.5, 0.6) is 5.75 Å². The second-order valence-electron chi connectivity index (χ2n) is 7.68. The van der Waals surface area contributed by atoms with Gasteiger partial charge in [0.1, 0.15) is 16.5 Å². The maximum atomic E-state index is 12.6. The molecule has 1 aromatic heterocycles. The quantitative estimate of drug-likeness (QED) is 0.770. The van der Waals surface area contributed by atoms with Gasteiger partial charge in [0.2, 0.25) is 10.0 Å². The highest BCUT2D eigenvalue weighted by Crippen LogP contribution is 2.47. The van der Waals surface area contributed by atoms with E-state index in [0.717, 1.165) is 38.0 Å². The number of para-hydroxylation sites is 1. The van der Waals surface area contributed by atoms with Crippen LogP contribution in [0.2, 0.25) is 0 Å². The van der Waals surface area contributed by atoms with Crippen LogP contribution in [0.4, 0.5) is 5.82 Å². The summed E-state index contributed by atoms with van der Waals surface area (Å²) < 4.78 is 32.4. The number of methoxy groups -OCH3 is 1. The monoisotopic (exact) mass is 401 g/mol. The molecule has 1 aliphatic carbocycles. The normalized spacial score (nSPS) is 19.2. The maximum Gasteiger partial charge on any atom is 0.244 e. The summed E-state index contributed by atoms with van der Waals surface area (Å²) in [4.78, 5) is 4.63. The molecule has 28 heavy (non-hydrogen) atoms. The molecule has 0 spiro atoms. The first-order valence-corrected chi connectivity index (χ1v) is 11.3. The Morgan fingerprint density at radius 1 is 1.11 bits per heavy atom. The molecule has 0 bridgehead atoms. The van der Waals surface area contributed by atoms with Gasteiger partial charge in [0, 0.05) is 36.8 Å². The lowest BCUT2D eigenvalue weighted by Crippen LogP contribution is -2.41. The molecule has 7 heteroatoms. The van der Waals surface area contributed by atoms with Crippen LogP contribution in [0.3, 0.4) is 0 Å². The van der Waals surface area contributed by atoms with Gasteiger partial charge in [-0.1, -0.05) is 24.6 Å². The SMILES string of the molecule is COc1ccccc1C1(CNc2ccc(S(=O)(=O)N3CCCC3)cn2)CCC1. The number of aromatic nitrogens is 1. The Bertz CT molecular complexity index is 918. The molecular formula is C21H27N3O3S. The van der Waals surface area contributed by atoms with Gasteiger partial charge in [0.05, 0.1) is 7.11 Å². The topological polar surface area (TPSA) is 71.5 Å². The van der Waals surface area contributed by atoms with E-state index in [9.17, 15) is 8.42 Å². The van der Waals surface area contributed by atoms with Crippen molar-refractivity contribution in [2.75, 3.05) is 32.1 Å². The minimum Gasteiger partial charge on any atom is -0.496 e. The largest absolute Gasteiger partial charge is 0.496 e. The van der Waals surface area contributed by atoms with Crippen molar-refractivity contribution in [3.63, 3.8) is 0 Å². The lowest BCUT2D eigenvalue weighted by molar-refractivity contribution is 0.250. The summed E-state index contributed by atoms with van der Waals surface area (Å²) in [6.07, 6.45) is 6.71. The molecule has 4 rings (SSSR count). The van der Waals surface area contributed by atoms with Gasteiger partial charge >= 0.3 is 0 Å².